The Kier molecular flexibility index (Phi) is 2.80. The molecule has 0 spiro atoms. The van der Waals surface area contributed by atoms with Crippen LogP contribution < -0.4 is 5.32 Å². The van der Waals surface area contributed by atoms with Gasteiger partial charge in [0.1, 0.15) is 0 Å². The van der Waals surface area contributed by atoms with Gasteiger partial charge in [-0.05, 0) is 30.7 Å². The number of benzene rings is 1. The highest BCUT2D eigenvalue weighted by Gasteiger charge is 2.30. The summed E-state index contributed by atoms with van der Waals surface area (Å²) in [5.74, 6) is 0. The lowest BCUT2D eigenvalue weighted by atomic mass is 9.82. The summed E-state index contributed by atoms with van der Waals surface area (Å²) in [5, 5.41) is 3.34. The summed E-state index contributed by atoms with van der Waals surface area (Å²) >= 11 is 0. The summed E-state index contributed by atoms with van der Waals surface area (Å²) in [6, 6.07) is 7.27. The third kappa shape index (κ3) is 2.13. The van der Waals surface area contributed by atoms with Crippen molar-refractivity contribution in [3.8, 4) is 0 Å². The van der Waals surface area contributed by atoms with Crippen molar-refractivity contribution in [1.29, 1.82) is 0 Å². The SMILES string of the molecule is CC1(c2ccc(S(C)(=O)=O)cc2)CCNC1. The molecule has 2 rings (SSSR count). The van der Waals surface area contributed by atoms with Crippen molar-refractivity contribution in [1.82, 2.24) is 5.32 Å². The lowest BCUT2D eigenvalue weighted by Gasteiger charge is -2.23. The number of hydrogen-bond acceptors (Lipinski definition) is 3. The van der Waals surface area contributed by atoms with E-state index in [1.54, 1.807) is 12.1 Å². The maximum atomic E-state index is 11.3. The molecule has 1 aliphatic heterocycles. The van der Waals surface area contributed by atoms with Gasteiger partial charge in [-0.3, -0.25) is 0 Å². The first kappa shape index (κ1) is 11.6. The Hall–Kier alpha value is -0.870. The Labute approximate surface area is 96.8 Å². The van der Waals surface area contributed by atoms with Crippen molar-refractivity contribution < 1.29 is 8.42 Å². The molecule has 1 atom stereocenters. The molecule has 88 valence electrons. The van der Waals surface area contributed by atoms with E-state index in [1.165, 1.54) is 11.8 Å². The van der Waals surface area contributed by atoms with Gasteiger partial charge in [0, 0.05) is 18.2 Å². The minimum absolute atomic E-state index is 0.149. The van der Waals surface area contributed by atoms with E-state index >= 15 is 0 Å². The van der Waals surface area contributed by atoms with Gasteiger partial charge >= 0.3 is 0 Å². The zero-order chi connectivity index (χ0) is 11.8. The summed E-state index contributed by atoms with van der Waals surface area (Å²) in [7, 11) is -3.08. The lowest BCUT2D eigenvalue weighted by molar-refractivity contribution is 0.524. The van der Waals surface area contributed by atoms with E-state index in [9.17, 15) is 8.42 Å². The van der Waals surface area contributed by atoms with Crippen LogP contribution in [0.2, 0.25) is 0 Å². The van der Waals surface area contributed by atoms with Crippen LogP contribution in [0.15, 0.2) is 29.2 Å². The summed E-state index contributed by atoms with van der Waals surface area (Å²) in [5.41, 5.74) is 1.36. The molecule has 0 saturated carbocycles. The monoisotopic (exact) mass is 239 g/mol. The smallest absolute Gasteiger partial charge is 0.175 e. The predicted octanol–water partition coefficient (Wildman–Crippen LogP) is 1.34. The van der Waals surface area contributed by atoms with Gasteiger partial charge in [0.05, 0.1) is 4.90 Å². The van der Waals surface area contributed by atoms with Crippen molar-refractivity contribution in [2.24, 2.45) is 0 Å². The molecule has 4 heteroatoms. The average Bonchev–Trinajstić information content (AvgIpc) is 2.66. The standard InChI is InChI=1S/C12H17NO2S/c1-12(7-8-13-9-12)10-3-5-11(6-4-10)16(2,14)15/h3-6,13H,7-9H2,1-2H3. The molecular weight excluding hydrogens is 222 g/mol. The quantitative estimate of drug-likeness (QED) is 0.847. The fourth-order valence-corrected chi connectivity index (χ4v) is 2.80. The molecule has 1 heterocycles. The van der Waals surface area contributed by atoms with Crippen LogP contribution in [0.5, 0.6) is 0 Å². The second-order valence-electron chi connectivity index (χ2n) is 4.78. The molecule has 0 bridgehead atoms. The van der Waals surface area contributed by atoms with Gasteiger partial charge < -0.3 is 5.32 Å². The minimum atomic E-state index is -3.08. The molecule has 0 amide bonds. The molecule has 1 aromatic rings. The molecule has 1 aliphatic rings. The third-order valence-corrected chi connectivity index (χ3v) is 4.48. The fourth-order valence-electron chi connectivity index (χ4n) is 2.17. The molecule has 1 aromatic carbocycles. The van der Waals surface area contributed by atoms with Crippen molar-refractivity contribution >= 4 is 9.84 Å². The van der Waals surface area contributed by atoms with E-state index < -0.39 is 9.84 Å². The van der Waals surface area contributed by atoms with Crippen LogP contribution in [0.3, 0.4) is 0 Å². The fraction of sp³-hybridized carbons (Fsp3) is 0.500. The Morgan fingerprint density at radius 3 is 2.31 bits per heavy atom. The van der Waals surface area contributed by atoms with Gasteiger partial charge in [-0.25, -0.2) is 8.42 Å². The van der Waals surface area contributed by atoms with Crippen LogP contribution in [-0.4, -0.2) is 27.8 Å². The van der Waals surface area contributed by atoms with Crippen molar-refractivity contribution in [3.63, 3.8) is 0 Å². The van der Waals surface area contributed by atoms with E-state index in [1.807, 2.05) is 12.1 Å². The van der Waals surface area contributed by atoms with E-state index in [2.05, 4.69) is 12.2 Å². The first-order valence-electron chi connectivity index (χ1n) is 5.43. The predicted molar refractivity (Wildman–Crippen MR) is 64.4 cm³/mol. The highest BCUT2D eigenvalue weighted by Crippen LogP contribution is 2.30. The molecule has 1 saturated heterocycles. The Bertz CT molecular complexity index is 470. The van der Waals surface area contributed by atoms with Crippen LogP contribution in [-0.2, 0) is 15.3 Å². The Morgan fingerprint density at radius 1 is 1.25 bits per heavy atom. The van der Waals surface area contributed by atoms with Crippen LogP contribution in [0.1, 0.15) is 18.9 Å². The van der Waals surface area contributed by atoms with Gasteiger partial charge in [-0.15, -0.1) is 0 Å². The summed E-state index contributed by atoms with van der Waals surface area (Å²) in [6.45, 7) is 4.21. The van der Waals surface area contributed by atoms with Gasteiger partial charge in [0.2, 0.25) is 0 Å². The van der Waals surface area contributed by atoms with Crippen LogP contribution in [0.4, 0.5) is 0 Å². The second-order valence-corrected chi connectivity index (χ2v) is 6.80. The highest BCUT2D eigenvalue weighted by atomic mass is 32.2. The molecule has 3 nitrogen and oxygen atoms in total. The molecule has 0 aromatic heterocycles. The molecular formula is C12H17NO2S. The summed E-state index contributed by atoms with van der Waals surface area (Å²) < 4.78 is 22.7. The maximum absolute atomic E-state index is 11.3. The molecule has 0 radical (unpaired) electrons. The minimum Gasteiger partial charge on any atom is -0.316 e. The Balaban J connectivity index is 2.33. The van der Waals surface area contributed by atoms with Gasteiger partial charge in [0.15, 0.2) is 9.84 Å². The molecule has 1 fully saturated rings. The van der Waals surface area contributed by atoms with Crippen molar-refractivity contribution in [2.45, 2.75) is 23.7 Å². The van der Waals surface area contributed by atoms with E-state index in [0.717, 1.165) is 19.5 Å². The normalized spacial score (nSPS) is 25.9. The number of hydrogen-bond donors (Lipinski definition) is 1. The number of nitrogens with one attached hydrogen (secondary N) is 1. The average molecular weight is 239 g/mol. The summed E-state index contributed by atoms with van der Waals surface area (Å²) in [4.78, 5) is 0.394. The Morgan fingerprint density at radius 2 is 1.88 bits per heavy atom. The third-order valence-electron chi connectivity index (χ3n) is 3.35. The van der Waals surface area contributed by atoms with E-state index in [0.29, 0.717) is 4.90 Å². The highest BCUT2D eigenvalue weighted by molar-refractivity contribution is 7.90. The van der Waals surface area contributed by atoms with Crippen molar-refractivity contribution in [3.05, 3.63) is 29.8 Å². The van der Waals surface area contributed by atoms with E-state index in [-0.39, 0.29) is 5.41 Å². The first-order valence-corrected chi connectivity index (χ1v) is 7.32. The van der Waals surface area contributed by atoms with Crippen molar-refractivity contribution in [2.75, 3.05) is 19.3 Å². The molecule has 1 N–H and O–H groups in total. The second kappa shape index (κ2) is 3.86. The maximum Gasteiger partial charge on any atom is 0.175 e. The van der Waals surface area contributed by atoms with Crippen LogP contribution >= 0.6 is 0 Å². The molecule has 1 unspecified atom stereocenters. The van der Waals surface area contributed by atoms with Crippen LogP contribution in [0, 0.1) is 0 Å². The van der Waals surface area contributed by atoms with Crippen LogP contribution in [0.25, 0.3) is 0 Å². The van der Waals surface area contributed by atoms with Gasteiger partial charge in [-0.1, -0.05) is 19.1 Å². The zero-order valence-corrected chi connectivity index (χ0v) is 10.5. The van der Waals surface area contributed by atoms with Gasteiger partial charge in [-0.2, -0.15) is 0 Å². The van der Waals surface area contributed by atoms with E-state index in [4.69, 9.17) is 0 Å². The number of sulfone groups is 1. The number of rotatable bonds is 2. The molecule has 16 heavy (non-hydrogen) atoms. The summed E-state index contributed by atoms with van der Waals surface area (Å²) in [6.07, 6.45) is 2.34. The zero-order valence-electron chi connectivity index (χ0n) is 9.66. The molecule has 0 aliphatic carbocycles. The largest absolute Gasteiger partial charge is 0.316 e. The lowest BCUT2D eigenvalue weighted by Crippen LogP contribution is -2.24. The van der Waals surface area contributed by atoms with Gasteiger partial charge in [0.25, 0.3) is 0 Å². The first-order chi connectivity index (χ1) is 7.42. The topological polar surface area (TPSA) is 46.2 Å².